The second-order valence-corrected chi connectivity index (χ2v) is 6.13. The molecule has 9 heteroatoms. The quantitative estimate of drug-likeness (QED) is 0.529. The van der Waals surface area contributed by atoms with Crippen molar-refractivity contribution in [3.05, 3.63) is 56.4 Å². The van der Waals surface area contributed by atoms with Gasteiger partial charge >= 0.3 is 0 Å². The first-order chi connectivity index (χ1) is 10.6. The summed E-state index contributed by atoms with van der Waals surface area (Å²) in [6.45, 7) is 0. The predicted octanol–water partition coefficient (Wildman–Crippen LogP) is 3.11. The maximum Gasteiger partial charge on any atom is 0.273 e. The number of benzene rings is 1. The van der Waals surface area contributed by atoms with Crippen LogP contribution in [-0.2, 0) is 4.79 Å². The molecule has 0 aliphatic carbocycles. The van der Waals surface area contributed by atoms with Crippen molar-refractivity contribution in [1.29, 1.82) is 5.41 Å². The zero-order chi connectivity index (χ0) is 15.7. The summed E-state index contributed by atoms with van der Waals surface area (Å²) in [4.78, 5) is 28.2. The van der Waals surface area contributed by atoms with E-state index in [-0.39, 0.29) is 16.8 Å². The monoisotopic (exact) mass is 332 g/mol. The van der Waals surface area contributed by atoms with Gasteiger partial charge in [0.1, 0.15) is 0 Å². The van der Waals surface area contributed by atoms with Crippen LogP contribution >= 0.6 is 23.1 Å². The second kappa shape index (κ2) is 5.70. The number of hydrogen-bond donors (Lipinski definition) is 1. The molecule has 22 heavy (non-hydrogen) atoms. The zero-order valence-electron chi connectivity index (χ0n) is 10.9. The Labute approximate surface area is 132 Å². The Hall–Kier alpha value is -2.52. The van der Waals surface area contributed by atoms with Crippen molar-refractivity contribution in [1.82, 2.24) is 4.98 Å². The van der Waals surface area contributed by atoms with Gasteiger partial charge < -0.3 is 0 Å². The fourth-order valence-electron chi connectivity index (χ4n) is 1.87. The molecule has 0 unspecified atom stereocenters. The van der Waals surface area contributed by atoms with Crippen molar-refractivity contribution in [3.8, 4) is 0 Å². The number of aromatic nitrogens is 1. The number of non-ortho nitro benzene ring substituents is 1. The summed E-state index contributed by atoms with van der Waals surface area (Å²) in [7, 11) is 0. The zero-order valence-corrected chi connectivity index (χ0v) is 12.6. The minimum absolute atomic E-state index is 0.0448. The van der Waals surface area contributed by atoms with Crippen LogP contribution in [0.1, 0.15) is 5.56 Å². The smallest absolute Gasteiger partial charge is 0.273 e. The highest BCUT2D eigenvalue weighted by Gasteiger charge is 2.35. The Kier molecular flexibility index (Phi) is 3.73. The van der Waals surface area contributed by atoms with Crippen molar-refractivity contribution in [2.45, 2.75) is 0 Å². The van der Waals surface area contributed by atoms with Gasteiger partial charge in [0.05, 0.1) is 9.83 Å². The van der Waals surface area contributed by atoms with Gasteiger partial charge in [0.25, 0.3) is 11.6 Å². The maximum atomic E-state index is 12.4. The Morgan fingerprint density at radius 3 is 2.91 bits per heavy atom. The molecule has 1 aliphatic rings. The molecule has 1 aromatic heterocycles. The van der Waals surface area contributed by atoms with Crippen LogP contribution < -0.4 is 4.90 Å². The lowest BCUT2D eigenvalue weighted by Gasteiger charge is -2.08. The van der Waals surface area contributed by atoms with Crippen LogP contribution in [0.4, 0.5) is 10.8 Å². The van der Waals surface area contributed by atoms with Crippen molar-refractivity contribution in [2.24, 2.45) is 0 Å². The molecule has 2 heterocycles. The third-order valence-electron chi connectivity index (χ3n) is 2.81. The highest BCUT2D eigenvalue weighted by Crippen LogP contribution is 2.36. The number of nitro groups is 1. The van der Waals surface area contributed by atoms with Gasteiger partial charge in [-0.15, -0.1) is 11.3 Å². The molecule has 2 aromatic rings. The molecular formula is C13H8N4O3S2. The number of thioether (sulfide) groups is 1. The molecule has 7 nitrogen and oxygen atoms in total. The van der Waals surface area contributed by atoms with E-state index in [4.69, 9.17) is 5.41 Å². The summed E-state index contributed by atoms with van der Waals surface area (Å²) in [5.74, 6) is -0.351. The SMILES string of the molecule is N=C1SC(=Cc2cccc([N+](=O)[O-])c2)C(=O)N1c1nccs1. The van der Waals surface area contributed by atoms with Gasteiger partial charge in [-0.1, -0.05) is 12.1 Å². The summed E-state index contributed by atoms with van der Waals surface area (Å²) < 4.78 is 0. The normalized spacial score (nSPS) is 16.5. The van der Waals surface area contributed by atoms with Gasteiger partial charge in [-0.25, -0.2) is 9.88 Å². The molecule has 0 spiro atoms. The van der Waals surface area contributed by atoms with E-state index < -0.39 is 4.92 Å². The lowest BCUT2D eigenvalue weighted by molar-refractivity contribution is -0.384. The first-order valence-electron chi connectivity index (χ1n) is 6.03. The number of nitrogens with zero attached hydrogens (tertiary/aromatic N) is 3. The lowest BCUT2D eigenvalue weighted by atomic mass is 10.2. The number of carbonyl (C=O) groups excluding carboxylic acids is 1. The summed E-state index contributed by atoms with van der Waals surface area (Å²) in [6.07, 6.45) is 3.11. The number of amides is 1. The molecule has 1 amide bonds. The number of thiazole rings is 1. The van der Waals surface area contributed by atoms with Crippen LogP contribution in [0.2, 0.25) is 0 Å². The van der Waals surface area contributed by atoms with E-state index in [1.807, 2.05) is 0 Å². The van der Waals surface area contributed by atoms with Crippen molar-refractivity contribution in [3.63, 3.8) is 0 Å². The predicted molar refractivity (Wildman–Crippen MR) is 86.0 cm³/mol. The topological polar surface area (TPSA) is 100 Å². The largest absolute Gasteiger partial charge is 0.278 e. The molecule has 1 aliphatic heterocycles. The second-order valence-electron chi connectivity index (χ2n) is 4.22. The van der Waals surface area contributed by atoms with E-state index in [1.165, 1.54) is 28.4 Å². The average Bonchev–Trinajstić information content (AvgIpc) is 3.08. The van der Waals surface area contributed by atoms with E-state index in [1.54, 1.807) is 29.8 Å². The maximum absolute atomic E-state index is 12.4. The van der Waals surface area contributed by atoms with Crippen LogP contribution in [0.25, 0.3) is 6.08 Å². The Bertz CT molecular complexity index is 801. The molecule has 3 rings (SSSR count). The number of rotatable bonds is 3. The van der Waals surface area contributed by atoms with E-state index >= 15 is 0 Å². The molecule has 1 saturated heterocycles. The van der Waals surface area contributed by atoms with Gasteiger partial charge in [0, 0.05) is 23.7 Å². The van der Waals surface area contributed by atoms with E-state index in [0.29, 0.717) is 15.6 Å². The van der Waals surface area contributed by atoms with Crippen molar-refractivity contribution < 1.29 is 9.72 Å². The van der Waals surface area contributed by atoms with Crippen molar-refractivity contribution in [2.75, 3.05) is 4.90 Å². The standard InChI is InChI=1S/C13H8N4O3S2/c14-12-16(13-15-4-5-21-13)11(18)10(22-12)7-8-2-1-3-9(6-8)17(19)20/h1-7,14H. The summed E-state index contributed by atoms with van der Waals surface area (Å²) >= 11 is 2.27. The fraction of sp³-hybridized carbons (Fsp3) is 0. The first kappa shape index (κ1) is 14.4. The molecular weight excluding hydrogens is 324 g/mol. The minimum atomic E-state index is -0.491. The Balaban J connectivity index is 1.93. The van der Waals surface area contributed by atoms with Crippen LogP contribution in [-0.4, -0.2) is 21.0 Å². The molecule has 110 valence electrons. The lowest BCUT2D eigenvalue weighted by Crippen LogP contribution is -2.27. The van der Waals surface area contributed by atoms with Gasteiger partial charge in [0.2, 0.25) is 0 Å². The van der Waals surface area contributed by atoms with Gasteiger partial charge in [-0.05, 0) is 23.4 Å². The van der Waals surface area contributed by atoms with E-state index in [9.17, 15) is 14.9 Å². The van der Waals surface area contributed by atoms with Crippen LogP contribution in [0.15, 0.2) is 40.7 Å². The first-order valence-corrected chi connectivity index (χ1v) is 7.72. The average molecular weight is 332 g/mol. The van der Waals surface area contributed by atoms with E-state index in [2.05, 4.69) is 4.98 Å². The number of nitro benzene ring substituents is 1. The fourth-order valence-corrected chi connectivity index (χ4v) is 3.41. The van der Waals surface area contributed by atoms with Crippen LogP contribution in [0, 0.1) is 15.5 Å². The number of hydrogen-bond acceptors (Lipinski definition) is 7. The van der Waals surface area contributed by atoms with Gasteiger partial charge in [-0.3, -0.25) is 20.3 Å². The summed E-state index contributed by atoms with van der Waals surface area (Å²) in [5.41, 5.74) is 0.496. The third kappa shape index (κ3) is 2.63. The molecule has 0 bridgehead atoms. The van der Waals surface area contributed by atoms with Crippen molar-refractivity contribution >= 4 is 51.1 Å². The third-order valence-corrected chi connectivity index (χ3v) is 4.46. The molecule has 1 N–H and O–H groups in total. The van der Waals surface area contributed by atoms with Gasteiger partial charge in [-0.2, -0.15) is 0 Å². The van der Waals surface area contributed by atoms with Crippen LogP contribution in [0.3, 0.4) is 0 Å². The highest BCUT2D eigenvalue weighted by atomic mass is 32.2. The number of anilines is 1. The van der Waals surface area contributed by atoms with E-state index in [0.717, 1.165) is 11.8 Å². The van der Waals surface area contributed by atoms with Crippen LogP contribution in [0.5, 0.6) is 0 Å². The Morgan fingerprint density at radius 1 is 1.41 bits per heavy atom. The summed E-state index contributed by atoms with van der Waals surface area (Å²) in [6, 6.07) is 5.99. The molecule has 0 radical (unpaired) electrons. The molecule has 1 aromatic carbocycles. The highest BCUT2D eigenvalue weighted by molar-refractivity contribution is 8.19. The molecule has 0 atom stereocenters. The number of amidine groups is 1. The molecule has 0 saturated carbocycles. The summed E-state index contributed by atoms with van der Waals surface area (Å²) in [5, 5.41) is 20.9. The number of carbonyl (C=O) groups is 1. The van der Waals surface area contributed by atoms with Gasteiger partial charge in [0.15, 0.2) is 10.3 Å². The molecule has 1 fully saturated rings. The Morgan fingerprint density at radius 2 is 2.23 bits per heavy atom. The minimum Gasteiger partial charge on any atom is -0.278 e. The number of nitrogens with one attached hydrogen (secondary N) is 1.